The summed E-state index contributed by atoms with van der Waals surface area (Å²) < 4.78 is 0. The van der Waals surface area contributed by atoms with E-state index in [0.29, 0.717) is 50.4 Å². The maximum atomic E-state index is 12.0. The average Bonchev–Trinajstić information content (AvgIpc) is 2.80. The fourth-order valence-electron chi connectivity index (χ4n) is 2.63. The lowest BCUT2D eigenvalue weighted by Crippen LogP contribution is -2.37. The highest BCUT2D eigenvalue weighted by Crippen LogP contribution is 2.12. The van der Waals surface area contributed by atoms with Crippen molar-refractivity contribution in [3.63, 3.8) is 0 Å². The SMILES string of the molecule is Cl.O=C(NCCNCCNCCNC(=O)c1ccc([N+](=O)[O-])cc1)c1ccc([N+](=O)[O-])cc1. The molecule has 0 aromatic heterocycles. The van der Waals surface area contributed by atoms with Crippen LogP contribution in [0.15, 0.2) is 48.5 Å². The number of nitrogens with zero attached hydrogens (tertiary/aromatic N) is 2. The maximum absolute atomic E-state index is 12.0. The van der Waals surface area contributed by atoms with E-state index in [1.165, 1.54) is 48.5 Å². The van der Waals surface area contributed by atoms with Crippen LogP contribution in [0.4, 0.5) is 11.4 Å². The molecule has 0 aliphatic rings. The number of hydrogen-bond acceptors (Lipinski definition) is 8. The van der Waals surface area contributed by atoms with Crippen LogP contribution in [0.2, 0.25) is 0 Å². The van der Waals surface area contributed by atoms with Gasteiger partial charge >= 0.3 is 0 Å². The molecule has 2 rings (SSSR count). The van der Waals surface area contributed by atoms with Gasteiger partial charge in [-0.15, -0.1) is 12.4 Å². The summed E-state index contributed by atoms with van der Waals surface area (Å²) in [5.74, 6) is -0.604. The Morgan fingerprint density at radius 2 is 0.909 bits per heavy atom. The summed E-state index contributed by atoms with van der Waals surface area (Å²) in [7, 11) is 0. The van der Waals surface area contributed by atoms with Crippen molar-refractivity contribution < 1.29 is 19.4 Å². The van der Waals surface area contributed by atoms with Gasteiger partial charge in [-0.1, -0.05) is 0 Å². The molecule has 0 heterocycles. The van der Waals surface area contributed by atoms with Crippen LogP contribution in [-0.2, 0) is 0 Å². The molecule has 0 bridgehead atoms. The third-order valence-corrected chi connectivity index (χ3v) is 4.33. The number of rotatable bonds is 13. The largest absolute Gasteiger partial charge is 0.351 e. The first-order chi connectivity index (χ1) is 15.4. The van der Waals surface area contributed by atoms with Gasteiger partial charge in [0.2, 0.25) is 0 Å². The van der Waals surface area contributed by atoms with Gasteiger partial charge in [-0.2, -0.15) is 0 Å². The number of hydrogen-bond donors (Lipinski definition) is 4. The number of non-ortho nitro benzene ring substituents is 2. The number of carbonyl (C=O) groups is 2. The fourth-order valence-corrected chi connectivity index (χ4v) is 2.63. The molecule has 12 nitrogen and oxygen atoms in total. The summed E-state index contributed by atoms with van der Waals surface area (Å²) in [6.45, 7) is 3.23. The molecule has 4 N–H and O–H groups in total. The predicted octanol–water partition coefficient (Wildman–Crippen LogP) is 1.26. The van der Waals surface area contributed by atoms with Crippen molar-refractivity contribution >= 4 is 35.6 Å². The Balaban J connectivity index is 0.00000544. The average molecular weight is 481 g/mol. The van der Waals surface area contributed by atoms with E-state index in [-0.39, 0.29) is 35.6 Å². The molecule has 0 spiro atoms. The third kappa shape index (κ3) is 9.60. The van der Waals surface area contributed by atoms with Gasteiger partial charge in [-0.3, -0.25) is 29.8 Å². The summed E-state index contributed by atoms with van der Waals surface area (Å²) in [6.07, 6.45) is 0. The Bertz CT molecular complexity index is 862. The highest BCUT2D eigenvalue weighted by Gasteiger charge is 2.09. The second-order valence-electron chi connectivity index (χ2n) is 6.62. The highest BCUT2D eigenvalue weighted by molar-refractivity contribution is 5.94. The second kappa shape index (κ2) is 14.5. The zero-order chi connectivity index (χ0) is 23.3. The standard InChI is InChI=1S/C20H24N6O6.ClH/c27-19(15-1-5-17(6-2-15)25(29)30)23-13-11-21-9-10-22-12-14-24-20(28)16-3-7-18(8-4-16)26(31)32;/h1-8,21-22H,9-14H2,(H,23,27)(H,24,28);1H. The summed E-state index contributed by atoms with van der Waals surface area (Å²) in [6, 6.07) is 10.8. The van der Waals surface area contributed by atoms with Crippen LogP contribution >= 0.6 is 12.4 Å². The zero-order valence-corrected chi connectivity index (χ0v) is 18.4. The lowest BCUT2D eigenvalue weighted by Gasteiger charge is -2.09. The molecule has 0 saturated carbocycles. The Labute approximate surface area is 195 Å². The van der Waals surface area contributed by atoms with Crippen LogP contribution < -0.4 is 21.3 Å². The number of nitro groups is 2. The predicted molar refractivity (Wildman–Crippen MR) is 124 cm³/mol. The summed E-state index contributed by atoms with van der Waals surface area (Å²) >= 11 is 0. The van der Waals surface area contributed by atoms with Gasteiger partial charge in [0.15, 0.2) is 0 Å². The molecule has 0 fully saturated rings. The Kier molecular flexibility index (Phi) is 12.0. The molecule has 33 heavy (non-hydrogen) atoms. The van der Waals surface area contributed by atoms with E-state index in [2.05, 4.69) is 21.3 Å². The van der Waals surface area contributed by atoms with E-state index in [1.54, 1.807) is 0 Å². The fraction of sp³-hybridized carbons (Fsp3) is 0.300. The molecule has 2 aromatic carbocycles. The summed E-state index contributed by atoms with van der Waals surface area (Å²) in [5.41, 5.74) is 0.573. The van der Waals surface area contributed by atoms with Gasteiger partial charge in [0.1, 0.15) is 0 Å². The monoisotopic (exact) mass is 480 g/mol. The normalized spacial score (nSPS) is 10.1. The minimum atomic E-state index is -0.521. The Morgan fingerprint density at radius 3 is 1.21 bits per heavy atom. The number of benzene rings is 2. The molecule has 178 valence electrons. The Morgan fingerprint density at radius 1 is 0.606 bits per heavy atom. The quantitative estimate of drug-likeness (QED) is 0.189. The van der Waals surface area contributed by atoms with Gasteiger partial charge in [0.25, 0.3) is 23.2 Å². The van der Waals surface area contributed by atoms with Crippen LogP contribution in [0.25, 0.3) is 0 Å². The molecular weight excluding hydrogens is 456 g/mol. The summed E-state index contributed by atoms with van der Waals surface area (Å²) in [4.78, 5) is 44.1. The van der Waals surface area contributed by atoms with E-state index >= 15 is 0 Å². The number of carbonyl (C=O) groups excluding carboxylic acids is 2. The molecule has 2 amide bonds. The van der Waals surface area contributed by atoms with Crippen LogP contribution in [0.5, 0.6) is 0 Å². The lowest BCUT2D eigenvalue weighted by molar-refractivity contribution is -0.385. The van der Waals surface area contributed by atoms with E-state index < -0.39 is 9.85 Å². The van der Waals surface area contributed by atoms with E-state index in [1.807, 2.05) is 0 Å². The summed E-state index contributed by atoms with van der Waals surface area (Å²) in [5, 5.41) is 33.0. The lowest BCUT2D eigenvalue weighted by atomic mass is 10.2. The smallest absolute Gasteiger partial charge is 0.269 e. The molecular formula is C20H25ClN6O6. The Hall–Kier alpha value is -3.61. The van der Waals surface area contributed by atoms with Gasteiger partial charge in [0.05, 0.1) is 9.85 Å². The topological polar surface area (TPSA) is 169 Å². The number of halogens is 1. The molecule has 0 aliphatic carbocycles. The minimum Gasteiger partial charge on any atom is -0.351 e. The molecule has 0 aliphatic heterocycles. The first kappa shape index (κ1) is 27.4. The van der Waals surface area contributed by atoms with Crippen molar-refractivity contribution in [3.8, 4) is 0 Å². The van der Waals surface area contributed by atoms with Gasteiger partial charge < -0.3 is 21.3 Å². The maximum Gasteiger partial charge on any atom is 0.269 e. The molecule has 13 heteroatoms. The minimum absolute atomic E-state index is 0. The van der Waals surface area contributed by atoms with Crippen molar-refractivity contribution in [2.24, 2.45) is 0 Å². The first-order valence-corrected chi connectivity index (χ1v) is 9.85. The number of amides is 2. The molecule has 0 atom stereocenters. The van der Waals surface area contributed by atoms with Crippen molar-refractivity contribution in [2.75, 3.05) is 39.3 Å². The van der Waals surface area contributed by atoms with E-state index in [4.69, 9.17) is 0 Å². The van der Waals surface area contributed by atoms with Gasteiger partial charge in [-0.05, 0) is 24.3 Å². The molecule has 2 aromatic rings. The van der Waals surface area contributed by atoms with Crippen molar-refractivity contribution in [2.45, 2.75) is 0 Å². The van der Waals surface area contributed by atoms with Gasteiger partial charge in [0, 0.05) is 74.7 Å². The molecule has 0 unspecified atom stereocenters. The molecule has 0 radical (unpaired) electrons. The van der Waals surface area contributed by atoms with Crippen molar-refractivity contribution in [1.29, 1.82) is 0 Å². The van der Waals surface area contributed by atoms with E-state index in [9.17, 15) is 29.8 Å². The van der Waals surface area contributed by atoms with Crippen LogP contribution in [0, 0.1) is 20.2 Å². The third-order valence-electron chi connectivity index (χ3n) is 4.33. The van der Waals surface area contributed by atoms with E-state index in [0.717, 1.165) is 0 Å². The van der Waals surface area contributed by atoms with Crippen LogP contribution in [0.3, 0.4) is 0 Å². The van der Waals surface area contributed by atoms with Gasteiger partial charge in [-0.25, -0.2) is 0 Å². The second-order valence-corrected chi connectivity index (χ2v) is 6.62. The zero-order valence-electron chi connectivity index (χ0n) is 17.6. The molecule has 0 saturated heterocycles. The van der Waals surface area contributed by atoms with Crippen molar-refractivity contribution in [3.05, 3.63) is 79.9 Å². The number of nitrogens with one attached hydrogen (secondary N) is 4. The first-order valence-electron chi connectivity index (χ1n) is 9.85. The highest BCUT2D eigenvalue weighted by atomic mass is 35.5. The van der Waals surface area contributed by atoms with Crippen LogP contribution in [-0.4, -0.2) is 60.9 Å². The van der Waals surface area contributed by atoms with Crippen LogP contribution in [0.1, 0.15) is 20.7 Å². The number of nitro benzene ring substituents is 2. The van der Waals surface area contributed by atoms with Crippen molar-refractivity contribution in [1.82, 2.24) is 21.3 Å².